The van der Waals surface area contributed by atoms with E-state index in [1.54, 1.807) is 12.1 Å². The quantitative estimate of drug-likeness (QED) is 0.536. The van der Waals surface area contributed by atoms with E-state index in [0.29, 0.717) is 18.1 Å². The fraction of sp³-hybridized carbons (Fsp3) is 0.235. The van der Waals surface area contributed by atoms with E-state index in [0.717, 1.165) is 17.8 Å². The van der Waals surface area contributed by atoms with E-state index in [9.17, 15) is 4.79 Å². The Morgan fingerprint density at radius 3 is 2.59 bits per heavy atom. The third-order valence-corrected chi connectivity index (χ3v) is 3.48. The Balaban J connectivity index is 0.00000261. The molecule has 0 aliphatic heterocycles. The van der Waals surface area contributed by atoms with Crippen LogP contribution in [0.15, 0.2) is 36.4 Å². The minimum atomic E-state index is -0.435. The summed E-state index contributed by atoms with van der Waals surface area (Å²) in [6, 6.07) is 11.2. The number of tetrazole rings is 1. The molecule has 0 radical (unpaired) electrons. The molecule has 0 atom stereocenters. The second-order valence-electron chi connectivity index (χ2n) is 5.32. The number of amides is 1. The number of benzene rings is 1. The molecule has 9 nitrogen and oxygen atoms in total. The molecule has 0 fully saturated rings. The molecule has 10 heteroatoms. The van der Waals surface area contributed by atoms with Gasteiger partial charge in [0.25, 0.3) is 5.91 Å². The summed E-state index contributed by atoms with van der Waals surface area (Å²) in [4.78, 5) is 16.9. The summed E-state index contributed by atoms with van der Waals surface area (Å²) < 4.78 is 5.58. The number of hydrogen-bond acceptors (Lipinski definition) is 7. The molecular formula is C17H20N7NaO2. The number of anilines is 2. The molecule has 1 amide bonds. The predicted molar refractivity (Wildman–Crippen MR) is 104 cm³/mol. The Kier molecular flexibility index (Phi) is 7.71. The van der Waals surface area contributed by atoms with E-state index in [1.165, 1.54) is 0 Å². The number of nitrogens with zero attached hydrogens (tertiary/aromatic N) is 4. The molecule has 27 heavy (non-hydrogen) atoms. The van der Waals surface area contributed by atoms with Crippen LogP contribution in [-0.2, 0) is 0 Å². The molecule has 136 valence electrons. The van der Waals surface area contributed by atoms with Gasteiger partial charge in [-0.3, -0.25) is 10.1 Å². The first kappa shape index (κ1) is 20.8. The number of aromatic nitrogens is 5. The zero-order valence-corrected chi connectivity index (χ0v) is 14.5. The summed E-state index contributed by atoms with van der Waals surface area (Å²) in [7, 11) is 0. The van der Waals surface area contributed by atoms with Gasteiger partial charge in [-0.1, -0.05) is 17.2 Å². The van der Waals surface area contributed by atoms with Gasteiger partial charge in [-0.25, -0.2) is 10.1 Å². The van der Waals surface area contributed by atoms with Crippen LogP contribution in [0.4, 0.5) is 11.6 Å². The number of H-pyrrole nitrogens is 1. The van der Waals surface area contributed by atoms with E-state index in [-0.39, 0.29) is 41.2 Å². The fourth-order valence-electron chi connectivity index (χ4n) is 2.37. The van der Waals surface area contributed by atoms with Crippen LogP contribution in [0.5, 0.6) is 5.75 Å². The topological polar surface area (TPSA) is 118 Å². The maximum atomic E-state index is 12.4. The second-order valence-corrected chi connectivity index (χ2v) is 5.32. The molecule has 0 aliphatic carbocycles. The van der Waals surface area contributed by atoms with E-state index in [2.05, 4.69) is 36.2 Å². The molecule has 1 aromatic carbocycles. The number of aromatic amines is 1. The average Bonchev–Trinajstić information content (AvgIpc) is 3.16. The van der Waals surface area contributed by atoms with Crippen LogP contribution >= 0.6 is 0 Å². The normalized spacial score (nSPS) is 10.0. The number of pyridine rings is 1. The second kappa shape index (κ2) is 10.0. The van der Waals surface area contributed by atoms with Gasteiger partial charge in [0.2, 0.25) is 5.95 Å². The van der Waals surface area contributed by atoms with E-state index in [4.69, 9.17) is 4.74 Å². The SMILES string of the molecule is CCNc1ccc(-c2cc(OCC)cc(C(=O)Nc3nnn[nH]3)n2)cc1.[NaH]. The Labute approximate surface area is 178 Å². The molecule has 0 aliphatic rings. The summed E-state index contributed by atoms with van der Waals surface area (Å²) in [6.07, 6.45) is 0. The predicted octanol–water partition coefficient (Wildman–Crippen LogP) is 1.70. The van der Waals surface area contributed by atoms with Crippen molar-refractivity contribution < 1.29 is 9.53 Å². The maximum absolute atomic E-state index is 12.4. The van der Waals surface area contributed by atoms with Crippen molar-refractivity contribution in [2.24, 2.45) is 0 Å². The number of nitrogens with one attached hydrogen (secondary N) is 3. The van der Waals surface area contributed by atoms with Crippen LogP contribution in [-0.4, -0.2) is 74.2 Å². The van der Waals surface area contributed by atoms with Gasteiger partial charge in [0, 0.05) is 29.9 Å². The first-order chi connectivity index (χ1) is 12.7. The molecule has 0 spiro atoms. The van der Waals surface area contributed by atoms with Gasteiger partial charge < -0.3 is 10.1 Å². The Bertz CT molecular complexity index is 869. The van der Waals surface area contributed by atoms with Crippen LogP contribution in [0.1, 0.15) is 24.3 Å². The first-order valence-corrected chi connectivity index (χ1v) is 8.24. The summed E-state index contributed by atoms with van der Waals surface area (Å²) in [6.45, 7) is 5.25. The van der Waals surface area contributed by atoms with Crippen molar-refractivity contribution in [1.82, 2.24) is 25.6 Å². The van der Waals surface area contributed by atoms with Crippen LogP contribution in [0.2, 0.25) is 0 Å². The molecule has 0 saturated carbocycles. The molecule has 3 rings (SSSR count). The average molecular weight is 377 g/mol. The van der Waals surface area contributed by atoms with Crippen molar-refractivity contribution in [1.29, 1.82) is 0 Å². The van der Waals surface area contributed by atoms with Gasteiger partial charge in [-0.2, -0.15) is 0 Å². The number of carbonyl (C=O) groups is 1. The molecule has 3 N–H and O–H groups in total. The number of ether oxygens (including phenoxy) is 1. The third-order valence-electron chi connectivity index (χ3n) is 3.48. The van der Waals surface area contributed by atoms with E-state index in [1.807, 2.05) is 38.1 Å². The monoisotopic (exact) mass is 377 g/mol. The van der Waals surface area contributed by atoms with Gasteiger partial charge >= 0.3 is 29.6 Å². The number of rotatable bonds is 7. The molecule has 3 aromatic rings. The fourth-order valence-corrected chi connectivity index (χ4v) is 2.37. The minimum absolute atomic E-state index is 0. The Morgan fingerprint density at radius 1 is 1.19 bits per heavy atom. The van der Waals surface area contributed by atoms with Gasteiger partial charge in [0.15, 0.2) is 0 Å². The summed E-state index contributed by atoms with van der Waals surface area (Å²) in [5, 5.41) is 18.7. The first-order valence-electron chi connectivity index (χ1n) is 8.24. The Morgan fingerprint density at radius 2 is 1.96 bits per heavy atom. The van der Waals surface area contributed by atoms with Crippen molar-refractivity contribution in [3.63, 3.8) is 0 Å². The molecular weight excluding hydrogens is 357 g/mol. The molecule has 0 bridgehead atoms. The van der Waals surface area contributed by atoms with Crippen molar-refractivity contribution >= 4 is 47.1 Å². The molecule has 2 aromatic heterocycles. The van der Waals surface area contributed by atoms with Crippen molar-refractivity contribution in [3.8, 4) is 17.0 Å². The van der Waals surface area contributed by atoms with Crippen LogP contribution in [0, 0.1) is 0 Å². The number of carbonyl (C=O) groups excluding carboxylic acids is 1. The molecule has 0 unspecified atom stereocenters. The Hall–Kier alpha value is -2.49. The van der Waals surface area contributed by atoms with Gasteiger partial charge in [0.1, 0.15) is 11.4 Å². The van der Waals surface area contributed by atoms with Gasteiger partial charge in [-0.05, 0) is 36.4 Å². The van der Waals surface area contributed by atoms with Crippen molar-refractivity contribution in [3.05, 3.63) is 42.1 Å². The summed E-state index contributed by atoms with van der Waals surface area (Å²) >= 11 is 0. The molecule has 0 saturated heterocycles. The van der Waals surface area contributed by atoms with Crippen LogP contribution < -0.4 is 15.4 Å². The standard InChI is InChI=1S/C17H19N7O2.Na.H/c1-3-18-12-7-5-11(6-8-12)14-9-13(26-4-2)10-15(19-14)16(25)20-17-21-23-24-22-17;;/h5-10,18H,3-4H2,1-2H3,(H2,20,21,22,23,24,25);;. The molecule has 2 heterocycles. The zero-order chi connectivity index (χ0) is 18.4. The third kappa shape index (κ3) is 5.49. The van der Waals surface area contributed by atoms with Crippen molar-refractivity contribution in [2.75, 3.05) is 23.8 Å². The van der Waals surface area contributed by atoms with Crippen LogP contribution in [0.3, 0.4) is 0 Å². The van der Waals surface area contributed by atoms with E-state index >= 15 is 0 Å². The number of hydrogen-bond donors (Lipinski definition) is 3. The van der Waals surface area contributed by atoms with Gasteiger partial charge in [0.05, 0.1) is 12.3 Å². The van der Waals surface area contributed by atoms with Crippen molar-refractivity contribution in [2.45, 2.75) is 13.8 Å². The van der Waals surface area contributed by atoms with E-state index < -0.39 is 5.91 Å². The van der Waals surface area contributed by atoms with Crippen LogP contribution in [0.25, 0.3) is 11.3 Å². The summed E-state index contributed by atoms with van der Waals surface area (Å²) in [5.41, 5.74) is 2.74. The van der Waals surface area contributed by atoms with Gasteiger partial charge in [-0.15, -0.1) is 0 Å². The zero-order valence-electron chi connectivity index (χ0n) is 14.5. The summed E-state index contributed by atoms with van der Waals surface area (Å²) in [5.74, 6) is 0.278.